The SMILES string of the molecule is O=C(CCC(=O)c1ccccc1)Nc1cc(C(F)(F)F)cc(C(F)(F)F)c1. The van der Waals surface area contributed by atoms with Gasteiger partial charge in [0.25, 0.3) is 0 Å². The summed E-state index contributed by atoms with van der Waals surface area (Å²) in [4.78, 5) is 23.7. The Morgan fingerprint density at radius 2 is 1.30 bits per heavy atom. The summed E-state index contributed by atoms with van der Waals surface area (Å²) in [5.74, 6) is -1.24. The van der Waals surface area contributed by atoms with E-state index in [1.165, 1.54) is 12.1 Å². The van der Waals surface area contributed by atoms with Gasteiger partial charge in [-0.05, 0) is 18.2 Å². The molecule has 2 aromatic carbocycles. The molecule has 1 amide bonds. The molecule has 144 valence electrons. The third-order valence-electron chi connectivity index (χ3n) is 3.55. The molecular weight excluding hydrogens is 376 g/mol. The highest BCUT2D eigenvalue weighted by Crippen LogP contribution is 2.37. The number of ketones is 1. The molecule has 3 nitrogen and oxygen atoms in total. The molecule has 9 heteroatoms. The maximum absolute atomic E-state index is 12.8. The lowest BCUT2D eigenvalue weighted by molar-refractivity contribution is -0.143. The highest BCUT2D eigenvalue weighted by molar-refractivity contribution is 6.00. The second kappa shape index (κ2) is 7.81. The normalized spacial score (nSPS) is 11.9. The molecule has 0 aromatic heterocycles. The van der Waals surface area contributed by atoms with Gasteiger partial charge in [0.15, 0.2) is 5.78 Å². The van der Waals surface area contributed by atoms with Gasteiger partial charge in [0, 0.05) is 24.1 Å². The molecule has 0 saturated carbocycles. The maximum Gasteiger partial charge on any atom is 0.416 e. The van der Waals surface area contributed by atoms with Crippen LogP contribution in [0.25, 0.3) is 0 Å². The van der Waals surface area contributed by atoms with Crippen LogP contribution in [0, 0.1) is 0 Å². The van der Waals surface area contributed by atoms with Crippen LogP contribution in [0.5, 0.6) is 0 Å². The van der Waals surface area contributed by atoms with Crippen molar-refractivity contribution in [3.63, 3.8) is 0 Å². The van der Waals surface area contributed by atoms with Gasteiger partial charge in [-0.2, -0.15) is 26.3 Å². The van der Waals surface area contributed by atoms with Gasteiger partial charge in [0.05, 0.1) is 11.1 Å². The molecule has 0 atom stereocenters. The Kier molecular flexibility index (Phi) is 5.92. The summed E-state index contributed by atoms with van der Waals surface area (Å²) >= 11 is 0. The van der Waals surface area contributed by atoms with Crippen molar-refractivity contribution in [2.75, 3.05) is 5.32 Å². The Morgan fingerprint density at radius 1 is 0.778 bits per heavy atom. The topological polar surface area (TPSA) is 46.2 Å². The van der Waals surface area contributed by atoms with Crippen LogP contribution in [0.2, 0.25) is 0 Å². The molecule has 0 bridgehead atoms. The number of nitrogens with one attached hydrogen (secondary N) is 1. The van der Waals surface area contributed by atoms with Gasteiger partial charge in [-0.25, -0.2) is 0 Å². The van der Waals surface area contributed by atoms with E-state index in [9.17, 15) is 35.9 Å². The van der Waals surface area contributed by atoms with Crippen molar-refractivity contribution in [1.29, 1.82) is 0 Å². The van der Waals surface area contributed by atoms with Gasteiger partial charge in [0.2, 0.25) is 5.91 Å². The summed E-state index contributed by atoms with van der Waals surface area (Å²) in [6.45, 7) is 0. The highest BCUT2D eigenvalue weighted by atomic mass is 19.4. The smallest absolute Gasteiger partial charge is 0.326 e. The number of benzene rings is 2. The van der Waals surface area contributed by atoms with Crippen molar-refractivity contribution in [1.82, 2.24) is 0 Å². The summed E-state index contributed by atoms with van der Waals surface area (Å²) in [6, 6.07) is 8.77. The third kappa shape index (κ3) is 5.83. The van der Waals surface area contributed by atoms with Crippen molar-refractivity contribution < 1.29 is 35.9 Å². The van der Waals surface area contributed by atoms with Gasteiger partial charge in [-0.3, -0.25) is 9.59 Å². The van der Waals surface area contributed by atoms with Crippen LogP contribution in [0.1, 0.15) is 34.3 Å². The minimum Gasteiger partial charge on any atom is -0.326 e. The second-order valence-corrected chi connectivity index (χ2v) is 5.63. The Labute approximate surface area is 150 Å². The first-order valence-electron chi connectivity index (χ1n) is 7.64. The number of rotatable bonds is 5. The van der Waals surface area contributed by atoms with Crippen LogP contribution in [0.3, 0.4) is 0 Å². The van der Waals surface area contributed by atoms with Crippen LogP contribution >= 0.6 is 0 Å². The Morgan fingerprint density at radius 3 is 1.78 bits per heavy atom. The Bertz CT molecular complexity index is 796. The first-order chi connectivity index (χ1) is 12.5. The van der Waals surface area contributed by atoms with Gasteiger partial charge >= 0.3 is 12.4 Å². The number of Topliss-reactive ketones (excluding diaryl/α,β-unsaturated/α-hetero) is 1. The number of carbonyl (C=O) groups excluding carboxylic acids is 2. The van der Waals surface area contributed by atoms with E-state index in [0.717, 1.165) is 0 Å². The van der Waals surface area contributed by atoms with E-state index in [2.05, 4.69) is 0 Å². The van der Waals surface area contributed by atoms with Gasteiger partial charge in [0.1, 0.15) is 0 Å². The fraction of sp³-hybridized carbons (Fsp3) is 0.222. The Hall–Kier alpha value is -2.84. The molecule has 0 saturated heterocycles. The predicted octanol–water partition coefficient (Wildman–Crippen LogP) is 5.33. The molecule has 27 heavy (non-hydrogen) atoms. The van der Waals surface area contributed by atoms with E-state index < -0.39 is 35.1 Å². The molecule has 1 N–H and O–H groups in total. The molecule has 0 aliphatic heterocycles. The van der Waals surface area contributed by atoms with Crippen LogP contribution < -0.4 is 5.32 Å². The lowest BCUT2D eigenvalue weighted by Gasteiger charge is -2.14. The predicted molar refractivity (Wildman–Crippen MR) is 85.1 cm³/mol. The van der Waals surface area contributed by atoms with Gasteiger partial charge in [-0.15, -0.1) is 0 Å². The lowest BCUT2D eigenvalue weighted by atomic mass is 10.1. The fourth-order valence-electron chi connectivity index (χ4n) is 2.25. The highest BCUT2D eigenvalue weighted by Gasteiger charge is 2.37. The molecule has 0 fully saturated rings. The summed E-state index contributed by atoms with van der Waals surface area (Å²) < 4.78 is 76.7. The first-order valence-corrected chi connectivity index (χ1v) is 7.64. The van der Waals surface area contributed by atoms with Crippen LogP contribution in [0.4, 0.5) is 32.0 Å². The average Bonchev–Trinajstić information content (AvgIpc) is 2.58. The second-order valence-electron chi connectivity index (χ2n) is 5.63. The summed E-state index contributed by atoms with van der Waals surface area (Å²) in [7, 11) is 0. The summed E-state index contributed by atoms with van der Waals surface area (Å²) in [5.41, 5.74) is -3.36. The molecule has 0 aliphatic rings. The molecular formula is C18H13F6NO2. The minimum atomic E-state index is -5.01. The van der Waals surface area contributed by atoms with E-state index in [1.807, 2.05) is 5.32 Å². The summed E-state index contributed by atoms with van der Waals surface area (Å²) in [5, 5.41) is 1.98. The fourth-order valence-corrected chi connectivity index (χ4v) is 2.25. The number of carbonyl (C=O) groups is 2. The zero-order chi connectivity index (χ0) is 20.2. The molecule has 0 heterocycles. The quantitative estimate of drug-likeness (QED) is 0.555. The number of alkyl halides is 6. The van der Waals surface area contributed by atoms with Crippen molar-refractivity contribution in [3.05, 3.63) is 65.2 Å². The number of amides is 1. The zero-order valence-corrected chi connectivity index (χ0v) is 13.6. The van der Waals surface area contributed by atoms with Crippen molar-refractivity contribution in [3.8, 4) is 0 Å². The number of anilines is 1. The zero-order valence-electron chi connectivity index (χ0n) is 13.6. The van der Waals surface area contributed by atoms with Crippen molar-refractivity contribution >= 4 is 17.4 Å². The third-order valence-corrected chi connectivity index (χ3v) is 3.55. The van der Waals surface area contributed by atoms with Gasteiger partial charge < -0.3 is 5.32 Å². The number of halogens is 6. The average molecular weight is 389 g/mol. The van der Waals surface area contributed by atoms with E-state index in [1.54, 1.807) is 18.2 Å². The van der Waals surface area contributed by atoms with E-state index in [0.29, 0.717) is 17.7 Å². The maximum atomic E-state index is 12.8. The standard InChI is InChI=1S/C18H13F6NO2/c19-17(20,21)12-8-13(18(22,23)24)10-14(9-12)25-16(27)7-6-15(26)11-4-2-1-3-5-11/h1-5,8-10H,6-7H2,(H,25,27). The Balaban J connectivity index is 2.11. The molecule has 2 rings (SSSR count). The number of hydrogen-bond donors (Lipinski definition) is 1. The number of hydrogen-bond acceptors (Lipinski definition) is 2. The van der Waals surface area contributed by atoms with Crippen LogP contribution in [0.15, 0.2) is 48.5 Å². The molecule has 0 aliphatic carbocycles. The lowest BCUT2D eigenvalue weighted by Crippen LogP contribution is -2.16. The van der Waals surface area contributed by atoms with Gasteiger partial charge in [-0.1, -0.05) is 30.3 Å². The summed E-state index contributed by atoms with van der Waals surface area (Å²) in [6.07, 6.45) is -10.6. The van der Waals surface area contributed by atoms with Crippen LogP contribution in [-0.2, 0) is 17.1 Å². The first kappa shape index (κ1) is 20.5. The minimum absolute atomic E-state index is 0.0331. The molecule has 0 unspecified atom stereocenters. The van der Waals surface area contributed by atoms with E-state index in [-0.39, 0.29) is 24.7 Å². The molecule has 0 spiro atoms. The monoisotopic (exact) mass is 389 g/mol. The van der Waals surface area contributed by atoms with Crippen molar-refractivity contribution in [2.24, 2.45) is 0 Å². The molecule has 0 radical (unpaired) electrons. The largest absolute Gasteiger partial charge is 0.416 e. The van der Waals surface area contributed by atoms with E-state index in [4.69, 9.17) is 0 Å². The van der Waals surface area contributed by atoms with Crippen LogP contribution in [-0.4, -0.2) is 11.7 Å². The van der Waals surface area contributed by atoms with E-state index >= 15 is 0 Å². The van der Waals surface area contributed by atoms with Crippen molar-refractivity contribution in [2.45, 2.75) is 25.2 Å². The molecule has 2 aromatic rings.